The maximum absolute atomic E-state index is 15.1. The monoisotopic (exact) mass is 561 g/mol. The molecule has 10 heteroatoms. The van der Waals surface area contributed by atoms with Crippen LogP contribution < -0.4 is 10.9 Å². The summed E-state index contributed by atoms with van der Waals surface area (Å²) in [7, 11) is 0. The maximum atomic E-state index is 15.1. The van der Waals surface area contributed by atoms with E-state index in [4.69, 9.17) is 9.72 Å². The van der Waals surface area contributed by atoms with E-state index in [1.54, 1.807) is 24.5 Å². The number of ether oxygens (including phenoxy) is 1. The standard InChI is InChI=1S/C31H32FN3O6/c1-3-31(40)19-10-23-26-17(12-35(23)27(37)18(19)13-41-29(31)39)25-21(34-28(38)30(14-36)8-4-5-9-30)7-6-16-15(2)20(32)11-22(33-26)24(16)25/h10-11,21,36,40H,3-9,12-14H2,1-2H3,(H,34,38)/t21-,31+/m1/s1. The van der Waals surface area contributed by atoms with E-state index in [9.17, 15) is 24.6 Å². The number of pyridine rings is 2. The molecule has 0 saturated heterocycles. The number of aromatic nitrogens is 2. The number of rotatable bonds is 4. The zero-order chi connectivity index (χ0) is 28.8. The van der Waals surface area contributed by atoms with Crippen LogP contribution in [0.15, 0.2) is 16.9 Å². The highest BCUT2D eigenvalue weighted by Crippen LogP contribution is 2.47. The van der Waals surface area contributed by atoms with Gasteiger partial charge in [0.25, 0.3) is 5.56 Å². The number of esters is 1. The first-order valence-electron chi connectivity index (χ1n) is 14.4. The third kappa shape index (κ3) is 3.46. The van der Waals surface area contributed by atoms with Crippen LogP contribution in [0.4, 0.5) is 4.39 Å². The number of cyclic esters (lactones) is 1. The molecule has 41 heavy (non-hydrogen) atoms. The van der Waals surface area contributed by atoms with E-state index in [0.29, 0.717) is 48.2 Å². The summed E-state index contributed by atoms with van der Waals surface area (Å²) in [6.45, 7) is 3.12. The fourth-order valence-electron chi connectivity index (χ4n) is 7.52. The number of halogens is 1. The second-order valence-corrected chi connectivity index (χ2v) is 12.0. The molecule has 2 atom stereocenters. The van der Waals surface area contributed by atoms with Crippen molar-refractivity contribution in [1.82, 2.24) is 14.9 Å². The third-order valence-electron chi connectivity index (χ3n) is 10.0. The van der Waals surface area contributed by atoms with Gasteiger partial charge in [0, 0.05) is 22.6 Å². The van der Waals surface area contributed by atoms with Gasteiger partial charge in [0.15, 0.2) is 5.60 Å². The van der Waals surface area contributed by atoms with Gasteiger partial charge in [0.05, 0.1) is 47.1 Å². The second-order valence-electron chi connectivity index (χ2n) is 12.0. The normalized spacial score (nSPS) is 23.6. The van der Waals surface area contributed by atoms with Crippen molar-refractivity contribution in [3.8, 4) is 11.4 Å². The molecule has 2 aliphatic heterocycles. The van der Waals surface area contributed by atoms with Crippen LogP contribution in [0.5, 0.6) is 0 Å². The molecule has 4 aliphatic rings. The number of nitrogens with one attached hydrogen (secondary N) is 1. The van der Waals surface area contributed by atoms with Gasteiger partial charge in [0.2, 0.25) is 5.91 Å². The molecule has 4 heterocycles. The number of amides is 1. The Bertz CT molecular complexity index is 1740. The first-order chi connectivity index (χ1) is 19.6. The van der Waals surface area contributed by atoms with Crippen molar-refractivity contribution in [2.45, 2.75) is 83.6 Å². The molecule has 0 unspecified atom stereocenters. The molecule has 2 aliphatic carbocycles. The number of nitrogens with zero attached hydrogens (tertiary/aromatic N) is 2. The molecular formula is C31H32FN3O6. The van der Waals surface area contributed by atoms with E-state index >= 15 is 4.39 Å². The molecule has 1 aromatic carbocycles. The molecule has 3 aromatic rings. The number of carbonyl (C=O) groups excluding carboxylic acids is 2. The van der Waals surface area contributed by atoms with Gasteiger partial charge in [-0.15, -0.1) is 0 Å². The average Bonchev–Trinajstić information content (AvgIpc) is 3.60. The zero-order valence-corrected chi connectivity index (χ0v) is 23.1. The van der Waals surface area contributed by atoms with Crippen molar-refractivity contribution in [2.24, 2.45) is 5.41 Å². The highest BCUT2D eigenvalue weighted by atomic mass is 19.1. The predicted molar refractivity (Wildman–Crippen MR) is 146 cm³/mol. The van der Waals surface area contributed by atoms with Gasteiger partial charge in [0.1, 0.15) is 12.4 Å². The molecule has 0 radical (unpaired) electrons. The molecule has 0 bridgehead atoms. The minimum Gasteiger partial charge on any atom is -0.458 e. The van der Waals surface area contributed by atoms with E-state index in [1.165, 1.54) is 6.07 Å². The first kappa shape index (κ1) is 26.3. The van der Waals surface area contributed by atoms with Crippen molar-refractivity contribution < 1.29 is 28.9 Å². The highest BCUT2D eigenvalue weighted by molar-refractivity contribution is 5.94. The summed E-state index contributed by atoms with van der Waals surface area (Å²) in [5, 5.41) is 25.4. The van der Waals surface area contributed by atoms with E-state index in [1.807, 2.05) is 0 Å². The predicted octanol–water partition coefficient (Wildman–Crippen LogP) is 3.18. The Hall–Kier alpha value is -3.63. The fraction of sp³-hybridized carbons (Fsp3) is 0.484. The van der Waals surface area contributed by atoms with Gasteiger partial charge in [-0.05, 0) is 61.8 Å². The van der Waals surface area contributed by atoms with Crippen molar-refractivity contribution in [3.05, 3.63) is 61.7 Å². The smallest absolute Gasteiger partial charge is 0.343 e. The molecule has 2 aromatic heterocycles. The molecule has 3 N–H and O–H groups in total. The molecule has 1 saturated carbocycles. The first-order valence-corrected chi connectivity index (χ1v) is 14.4. The van der Waals surface area contributed by atoms with Gasteiger partial charge in [-0.3, -0.25) is 9.59 Å². The highest BCUT2D eigenvalue weighted by Gasteiger charge is 2.46. The van der Waals surface area contributed by atoms with Crippen LogP contribution in [0.3, 0.4) is 0 Å². The Morgan fingerprint density at radius 2 is 1.98 bits per heavy atom. The van der Waals surface area contributed by atoms with Gasteiger partial charge in [-0.25, -0.2) is 14.2 Å². The SMILES string of the molecule is CC[C@@]1(O)C(=O)OCc2c1cc1n(c2=O)Cc2c-1nc1cc(F)c(C)c3c1c2[C@H](NC(=O)C1(CO)CCCC1)CC3. The van der Waals surface area contributed by atoms with Crippen LogP contribution in [0.1, 0.15) is 84.9 Å². The summed E-state index contributed by atoms with van der Waals surface area (Å²) in [4.78, 5) is 44.8. The lowest BCUT2D eigenvalue weighted by molar-refractivity contribution is -0.172. The number of hydrogen-bond donors (Lipinski definition) is 3. The van der Waals surface area contributed by atoms with Gasteiger partial charge in [-0.2, -0.15) is 0 Å². The van der Waals surface area contributed by atoms with Crippen LogP contribution in [0.25, 0.3) is 22.3 Å². The largest absolute Gasteiger partial charge is 0.458 e. The summed E-state index contributed by atoms with van der Waals surface area (Å²) < 4.78 is 21.9. The molecular weight excluding hydrogens is 529 g/mol. The Morgan fingerprint density at radius 1 is 1.22 bits per heavy atom. The number of hydrogen-bond acceptors (Lipinski definition) is 7. The fourth-order valence-corrected chi connectivity index (χ4v) is 7.52. The average molecular weight is 562 g/mol. The van der Waals surface area contributed by atoms with Crippen LogP contribution in [0, 0.1) is 18.2 Å². The summed E-state index contributed by atoms with van der Waals surface area (Å²) in [5.74, 6) is -1.36. The number of aliphatic hydroxyl groups is 2. The summed E-state index contributed by atoms with van der Waals surface area (Å²) in [5.41, 5.74) is 1.57. The van der Waals surface area contributed by atoms with E-state index < -0.39 is 23.0 Å². The zero-order valence-electron chi connectivity index (χ0n) is 23.1. The molecule has 214 valence electrons. The number of aliphatic hydroxyl groups excluding tert-OH is 1. The summed E-state index contributed by atoms with van der Waals surface area (Å²) in [6.07, 6.45) is 4.13. The Labute approximate surface area is 235 Å². The van der Waals surface area contributed by atoms with Gasteiger partial charge < -0.3 is 24.8 Å². The van der Waals surface area contributed by atoms with Crippen LogP contribution in [-0.4, -0.2) is 38.2 Å². The molecule has 1 amide bonds. The Kier molecular flexibility index (Phi) is 5.73. The molecule has 1 fully saturated rings. The second kappa shape index (κ2) is 8.93. The Balaban J connectivity index is 1.45. The lowest BCUT2D eigenvalue weighted by atomic mass is 9.80. The quantitative estimate of drug-likeness (QED) is 0.326. The number of benzene rings is 1. The number of carbonyl (C=O) groups is 2. The lowest BCUT2D eigenvalue weighted by Gasteiger charge is -2.33. The number of fused-ring (bicyclic) bond motifs is 5. The van der Waals surface area contributed by atoms with Crippen molar-refractivity contribution >= 4 is 22.8 Å². The molecule has 0 spiro atoms. The summed E-state index contributed by atoms with van der Waals surface area (Å²) in [6, 6.07) is 2.62. The van der Waals surface area contributed by atoms with Gasteiger partial charge >= 0.3 is 5.97 Å². The van der Waals surface area contributed by atoms with Gasteiger partial charge in [-0.1, -0.05) is 19.8 Å². The maximum Gasteiger partial charge on any atom is 0.343 e. The number of aryl methyl sites for hydroxylation is 1. The summed E-state index contributed by atoms with van der Waals surface area (Å²) >= 11 is 0. The van der Waals surface area contributed by atoms with E-state index in [2.05, 4.69) is 5.32 Å². The van der Waals surface area contributed by atoms with Crippen LogP contribution in [0.2, 0.25) is 0 Å². The minimum atomic E-state index is -1.96. The molecule has 7 rings (SSSR count). The lowest BCUT2D eigenvalue weighted by Crippen LogP contribution is -2.44. The van der Waals surface area contributed by atoms with Crippen molar-refractivity contribution in [3.63, 3.8) is 0 Å². The molecule has 9 nitrogen and oxygen atoms in total. The van der Waals surface area contributed by atoms with E-state index in [-0.39, 0.29) is 54.6 Å². The van der Waals surface area contributed by atoms with Crippen molar-refractivity contribution in [2.75, 3.05) is 6.61 Å². The van der Waals surface area contributed by atoms with Crippen molar-refractivity contribution in [1.29, 1.82) is 0 Å². The van der Waals surface area contributed by atoms with Crippen LogP contribution >= 0.6 is 0 Å². The van der Waals surface area contributed by atoms with Crippen LogP contribution in [-0.2, 0) is 39.5 Å². The third-order valence-corrected chi connectivity index (χ3v) is 10.0. The topological polar surface area (TPSA) is 131 Å². The Morgan fingerprint density at radius 3 is 2.68 bits per heavy atom. The van der Waals surface area contributed by atoms with E-state index in [0.717, 1.165) is 34.9 Å². The minimum absolute atomic E-state index is 0.0273.